The Morgan fingerprint density at radius 1 is 0.875 bits per heavy atom. The van der Waals surface area contributed by atoms with Crippen LogP contribution < -0.4 is 5.32 Å². The molecule has 0 atom stereocenters. The highest BCUT2D eigenvalue weighted by Gasteiger charge is 2.07. The quantitative estimate of drug-likeness (QED) is 0.537. The van der Waals surface area contributed by atoms with Gasteiger partial charge in [0.1, 0.15) is 10.0 Å². The minimum atomic E-state index is 0.806. The lowest BCUT2D eigenvalue weighted by molar-refractivity contribution is 1.05. The minimum Gasteiger partial charge on any atom is -0.330 e. The van der Waals surface area contributed by atoms with E-state index in [4.69, 9.17) is 4.98 Å². The van der Waals surface area contributed by atoms with Gasteiger partial charge in [-0.2, -0.15) is 0 Å². The van der Waals surface area contributed by atoms with Crippen molar-refractivity contribution in [2.24, 2.45) is 0 Å². The molecule has 0 aliphatic carbocycles. The van der Waals surface area contributed by atoms with Gasteiger partial charge in [-0.05, 0) is 19.1 Å². The maximum atomic E-state index is 4.75. The average molecular weight is 350 g/mol. The Hall–Kier alpha value is -2.57. The molecule has 2 aromatic heterocycles. The number of anilines is 2. The van der Waals surface area contributed by atoms with Gasteiger partial charge in [0.25, 0.3) is 0 Å². The third-order valence-electron chi connectivity index (χ3n) is 3.48. The largest absolute Gasteiger partial charge is 0.330 e. The minimum absolute atomic E-state index is 0.806. The topological polar surface area (TPSA) is 50.7 Å². The first kappa shape index (κ1) is 15.0. The van der Waals surface area contributed by atoms with Gasteiger partial charge < -0.3 is 5.32 Å². The summed E-state index contributed by atoms with van der Waals surface area (Å²) in [6.45, 7) is 1.94. The van der Waals surface area contributed by atoms with Crippen molar-refractivity contribution in [3.63, 3.8) is 0 Å². The third kappa shape index (κ3) is 3.20. The van der Waals surface area contributed by atoms with E-state index < -0.39 is 0 Å². The Kier molecular flexibility index (Phi) is 4.06. The molecule has 6 heteroatoms. The molecule has 1 N–H and O–H groups in total. The lowest BCUT2D eigenvalue weighted by atomic mass is 10.1. The fraction of sp³-hybridized carbons (Fsp3) is 0.0556. The van der Waals surface area contributed by atoms with E-state index in [-0.39, 0.29) is 0 Å². The molecular formula is C18H14N4S2. The summed E-state index contributed by atoms with van der Waals surface area (Å²) in [5.41, 5.74) is 4.25. The number of thiazole rings is 1. The maximum Gasteiger partial charge on any atom is 0.210 e. The van der Waals surface area contributed by atoms with Crippen molar-refractivity contribution in [1.29, 1.82) is 0 Å². The van der Waals surface area contributed by atoms with Gasteiger partial charge >= 0.3 is 0 Å². The van der Waals surface area contributed by atoms with Crippen LogP contribution >= 0.6 is 22.7 Å². The standard InChI is InChI=1S/C18H14N4S2/c1-12-21-22-18(24-12)19-15-9-7-13(8-10-15)16-11-23-17(20-16)14-5-3-2-4-6-14/h2-11H,1H3,(H,19,22). The molecule has 4 aromatic rings. The van der Waals surface area contributed by atoms with E-state index in [2.05, 4.69) is 45.2 Å². The Labute approximate surface area is 147 Å². The summed E-state index contributed by atoms with van der Waals surface area (Å²) in [6, 6.07) is 18.5. The Balaban J connectivity index is 1.54. The van der Waals surface area contributed by atoms with Crippen molar-refractivity contribution in [1.82, 2.24) is 15.2 Å². The van der Waals surface area contributed by atoms with Gasteiger partial charge in [-0.3, -0.25) is 0 Å². The molecule has 0 amide bonds. The van der Waals surface area contributed by atoms with Gasteiger partial charge in [0.05, 0.1) is 5.69 Å². The number of hydrogen-bond donors (Lipinski definition) is 1. The molecule has 0 aliphatic heterocycles. The first-order chi connectivity index (χ1) is 11.8. The van der Waals surface area contributed by atoms with Crippen LogP contribution in [0.4, 0.5) is 10.8 Å². The molecule has 0 saturated heterocycles. The second-order valence-corrected chi connectivity index (χ2v) is 7.27. The average Bonchev–Trinajstić information content (AvgIpc) is 3.26. The molecule has 0 saturated carbocycles. The van der Waals surface area contributed by atoms with E-state index in [0.717, 1.165) is 37.7 Å². The van der Waals surface area contributed by atoms with Gasteiger partial charge in [0, 0.05) is 22.2 Å². The zero-order valence-electron chi connectivity index (χ0n) is 12.9. The smallest absolute Gasteiger partial charge is 0.210 e. The number of benzene rings is 2. The molecule has 0 bridgehead atoms. The molecule has 0 unspecified atom stereocenters. The summed E-state index contributed by atoms with van der Waals surface area (Å²) in [7, 11) is 0. The van der Waals surface area contributed by atoms with Gasteiger partial charge in [0.2, 0.25) is 5.13 Å². The molecule has 0 aliphatic rings. The summed E-state index contributed by atoms with van der Waals surface area (Å²) < 4.78 is 0. The normalized spacial score (nSPS) is 10.7. The number of aromatic nitrogens is 3. The summed E-state index contributed by atoms with van der Waals surface area (Å²) in [6.07, 6.45) is 0. The van der Waals surface area contributed by atoms with E-state index in [0.29, 0.717) is 0 Å². The van der Waals surface area contributed by atoms with Gasteiger partial charge in [-0.15, -0.1) is 21.5 Å². The highest BCUT2D eigenvalue weighted by atomic mass is 32.1. The number of aryl methyl sites for hydroxylation is 1. The van der Waals surface area contributed by atoms with Crippen molar-refractivity contribution in [2.45, 2.75) is 6.92 Å². The lowest BCUT2D eigenvalue weighted by Gasteiger charge is -2.03. The van der Waals surface area contributed by atoms with Crippen molar-refractivity contribution in [2.75, 3.05) is 5.32 Å². The second kappa shape index (κ2) is 6.51. The van der Waals surface area contributed by atoms with Crippen LogP contribution in [-0.4, -0.2) is 15.2 Å². The number of nitrogens with zero attached hydrogens (tertiary/aromatic N) is 3. The molecule has 24 heavy (non-hydrogen) atoms. The Bertz CT molecular complexity index is 943. The van der Waals surface area contributed by atoms with Crippen molar-refractivity contribution in [3.8, 4) is 21.8 Å². The van der Waals surface area contributed by atoms with E-state index in [1.54, 1.807) is 22.7 Å². The molecule has 0 radical (unpaired) electrons. The number of nitrogens with one attached hydrogen (secondary N) is 1. The van der Waals surface area contributed by atoms with Crippen molar-refractivity contribution >= 4 is 33.5 Å². The monoisotopic (exact) mass is 350 g/mol. The van der Waals surface area contributed by atoms with E-state index >= 15 is 0 Å². The molecule has 4 nitrogen and oxygen atoms in total. The first-order valence-electron chi connectivity index (χ1n) is 7.46. The fourth-order valence-corrected chi connectivity index (χ4v) is 3.76. The van der Waals surface area contributed by atoms with Gasteiger partial charge in [-0.1, -0.05) is 53.8 Å². The molecule has 0 fully saturated rings. The molecule has 4 rings (SSSR count). The van der Waals surface area contributed by atoms with Crippen molar-refractivity contribution in [3.05, 3.63) is 65.0 Å². The van der Waals surface area contributed by atoms with Crippen LogP contribution in [0.25, 0.3) is 21.8 Å². The van der Waals surface area contributed by atoms with Crippen LogP contribution in [0, 0.1) is 6.92 Å². The summed E-state index contributed by atoms with van der Waals surface area (Å²) in [5.74, 6) is 0. The summed E-state index contributed by atoms with van der Waals surface area (Å²) in [5, 5.41) is 16.2. The molecular weight excluding hydrogens is 336 g/mol. The van der Waals surface area contributed by atoms with Gasteiger partial charge in [0.15, 0.2) is 0 Å². The van der Waals surface area contributed by atoms with E-state index in [1.165, 1.54) is 0 Å². The van der Waals surface area contributed by atoms with Crippen LogP contribution in [0.15, 0.2) is 60.0 Å². The maximum absolute atomic E-state index is 4.75. The second-order valence-electron chi connectivity index (χ2n) is 5.23. The molecule has 118 valence electrons. The third-order valence-corrected chi connectivity index (χ3v) is 5.13. The highest BCUT2D eigenvalue weighted by molar-refractivity contribution is 7.15. The van der Waals surface area contributed by atoms with Crippen molar-refractivity contribution < 1.29 is 0 Å². The highest BCUT2D eigenvalue weighted by Crippen LogP contribution is 2.30. The summed E-state index contributed by atoms with van der Waals surface area (Å²) in [4.78, 5) is 4.75. The molecule has 2 heterocycles. The van der Waals surface area contributed by atoms with Crippen LogP contribution in [0.5, 0.6) is 0 Å². The predicted molar refractivity (Wildman–Crippen MR) is 101 cm³/mol. The summed E-state index contributed by atoms with van der Waals surface area (Å²) >= 11 is 3.20. The molecule has 2 aromatic carbocycles. The Morgan fingerprint density at radius 3 is 2.38 bits per heavy atom. The molecule has 0 spiro atoms. The number of hydrogen-bond acceptors (Lipinski definition) is 6. The predicted octanol–water partition coefficient (Wildman–Crippen LogP) is 5.38. The zero-order chi connectivity index (χ0) is 16.4. The van der Waals surface area contributed by atoms with Crippen LogP contribution in [-0.2, 0) is 0 Å². The van der Waals surface area contributed by atoms with E-state index in [1.807, 2.05) is 37.3 Å². The zero-order valence-corrected chi connectivity index (χ0v) is 14.6. The fourth-order valence-electron chi connectivity index (χ4n) is 2.31. The number of rotatable bonds is 4. The Morgan fingerprint density at radius 2 is 1.67 bits per heavy atom. The van der Waals surface area contributed by atoms with Gasteiger partial charge in [-0.25, -0.2) is 4.98 Å². The van der Waals surface area contributed by atoms with E-state index in [9.17, 15) is 0 Å². The van der Waals surface area contributed by atoms with Crippen LogP contribution in [0.1, 0.15) is 5.01 Å². The SMILES string of the molecule is Cc1nnc(Nc2ccc(-c3csc(-c4ccccc4)n3)cc2)s1. The first-order valence-corrected chi connectivity index (χ1v) is 9.16. The lowest BCUT2D eigenvalue weighted by Crippen LogP contribution is -1.89. The van der Waals surface area contributed by atoms with Crippen LogP contribution in [0.2, 0.25) is 0 Å². The van der Waals surface area contributed by atoms with Crippen LogP contribution in [0.3, 0.4) is 0 Å².